The summed E-state index contributed by atoms with van der Waals surface area (Å²) in [4.78, 5) is 25.1. The third kappa shape index (κ3) is 3.85. The van der Waals surface area contributed by atoms with Crippen LogP contribution < -0.4 is 10.6 Å². The minimum Gasteiger partial charge on any atom is -0.355 e. The number of amides is 3. The smallest absolute Gasteiger partial charge is 0.323 e. The van der Waals surface area contributed by atoms with E-state index in [-0.39, 0.29) is 11.9 Å². The second kappa shape index (κ2) is 6.75. The number of aryl methyl sites for hydroxylation is 1. The zero-order chi connectivity index (χ0) is 16.1. The molecule has 1 aromatic carbocycles. The molecule has 116 valence electrons. The second-order valence-electron chi connectivity index (χ2n) is 4.94. The molecule has 1 heterocycles. The van der Waals surface area contributed by atoms with Gasteiger partial charge in [-0.05, 0) is 17.7 Å². The van der Waals surface area contributed by atoms with Crippen molar-refractivity contribution in [2.75, 3.05) is 19.4 Å². The van der Waals surface area contributed by atoms with E-state index >= 15 is 0 Å². The highest BCUT2D eigenvalue weighted by Crippen LogP contribution is 2.09. The van der Waals surface area contributed by atoms with Crippen LogP contribution in [0, 0.1) is 0 Å². The SMILES string of the molecule is CNC(=O)c1ccc(CN(C)C(=O)Nc2ccn(C)n2)cc1. The summed E-state index contributed by atoms with van der Waals surface area (Å²) < 4.78 is 1.62. The van der Waals surface area contributed by atoms with Crippen LogP contribution in [0.5, 0.6) is 0 Å². The highest BCUT2D eigenvalue weighted by molar-refractivity contribution is 5.94. The third-order valence-corrected chi connectivity index (χ3v) is 3.16. The molecular weight excluding hydrogens is 282 g/mol. The molecule has 0 spiro atoms. The molecule has 22 heavy (non-hydrogen) atoms. The molecule has 0 aliphatic carbocycles. The number of hydrogen-bond acceptors (Lipinski definition) is 3. The first kappa shape index (κ1) is 15.6. The number of anilines is 1. The highest BCUT2D eigenvalue weighted by Gasteiger charge is 2.11. The molecule has 1 aromatic heterocycles. The van der Waals surface area contributed by atoms with E-state index in [1.165, 1.54) is 0 Å². The Morgan fingerprint density at radius 1 is 1.23 bits per heavy atom. The maximum atomic E-state index is 12.0. The molecule has 7 nitrogen and oxygen atoms in total. The van der Waals surface area contributed by atoms with E-state index in [9.17, 15) is 9.59 Å². The molecule has 2 rings (SSSR count). The zero-order valence-corrected chi connectivity index (χ0v) is 12.8. The predicted octanol–water partition coefficient (Wildman–Crippen LogP) is 1.44. The first-order valence-electron chi connectivity index (χ1n) is 6.82. The molecule has 0 radical (unpaired) electrons. The Hall–Kier alpha value is -2.83. The van der Waals surface area contributed by atoms with Crippen molar-refractivity contribution >= 4 is 17.8 Å². The van der Waals surface area contributed by atoms with E-state index in [0.29, 0.717) is 17.9 Å². The topological polar surface area (TPSA) is 79.3 Å². The summed E-state index contributed by atoms with van der Waals surface area (Å²) in [6.45, 7) is 0.437. The minimum atomic E-state index is -0.242. The second-order valence-corrected chi connectivity index (χ2v) is 4.94. The molecule has 0 unspecified atom stereocenters. The Balaban J connectivity index is 1.94. The van der Waals surface area contributed by atoms with Crippen LogP contribution in [0.3, 0.4) is 0 Å². The molecule has 0 aliphatic rings. The Labute approximate surface area is 128 Å². The molecule has 7 heteroatoms. The first-order chi connectivity index (χ1) is 10.5. The zero-order valence-electron chi connectivity index (χ0n) is 12.8. The van der Waals surface area contributed by atoms with Gasteiger partial charge in [-0.25, -0.2) is 4.79 Å². The summed E-state index contributed by atoms with van der Waals surface area (Å²) >= 11 is 0. The van der Waals surface area contributed by atoms with Crippen molar-refractivity contribution in [2.45, 2.75) is 6.54 Å². The van der Waals surface area contributed by atoms with E-state index in [4.69, 9.17) is 0 Å². The van der Waals surface area contributed by atoms with Crippen molar-refractivity contribution in [3.63, 3.8) is 0 Å². The number of nitrogens with one attached hydrogen (secondary N) is 2. The van der Waals surface area contributed by atoms with Crippen LogP contribution in [0.15, 0.2) is 36.5 Å². The van der Waals surface area contributed by atoms with E-state index in [1.807, 2.05) is 12.1 Å². The summed E-state index contributed by atoms with van der Waals surface area (Å²) in [5.41, 5.74) is 1.53. The van der Waals surface area contributed by atoms with Crippen LogP contribution in [-0.4, -0.2) is 40.7 Å². The highest BCUT2D eigenvalue weighted by atomic mass is 16.2. The molecule has 3 amide bonds. The van der Waals surface area contributed by atoms with Crippen LogP contribution in [0.1, 0.15) is 15.9 Å². The van der Waals surface area contributed by atoms with Crippen molar-refractivity contribution in [1.29, 1.82) is 0 Å². The quantitative estimate of drug-likeness (QED) is 0.897. The fourth-order valence-corrected chi connectivity index (χ4v) is 1.94. The average Bonchev–Trinajstić information content (AvgIpc) is 2.92. The third-order valence-electron chi connectivity index (χ3n) is 3.16. The van der Waals surface area contributed by atoms with E-state index < -0.39 is 0 Å². The van der Waals surface area contributed by atoms with Crippen LogP contribution in [0.2, 0.25) is 0 Å². The van der Waals surface area contributed by atoms with Gasteiger partial charge in [-0.3, -0.25) is 14.8 Å². The van der Waals surface area contributed by atoms with Crippen molar-refractivity contribution in [2.24, 2.45) is 7.05 Å². The van der Waals surface area contributed by atoms with Crippen molar-refractivity contribution in [3.05, 3.63) is 47.7 Å². The van der Waals surface area contributed by atoms with Gasteiger partial charge >= 0.3 is 6.03 Å². The van der Waals surface area contributed by atoms with Gasteiger partial charge in [-0.1, -0.05) is 12.1 Å². The van der Waals surface area contributed by atoms with Gasteiger partial charge in [0.25, 0.3) is 5.91 Å². The van der Waals surface area contributed by atoms with E-state index in [0.717, 1.165) is 5.56 Å². The lowest BCUT2D eigenvalue weighted by Gasteiger charge is -2.17. The number of nitrogens with zero attached hydrogens (tertiary/aromatic N) is 3. The van der Waals surface area contributed by atoms with Gasteiger partial charge in [-0.2, -0.15) is 5.10 Å². The Morgan fingerprint density at radius 3 is 2.45 bits per heavy atom. The number of benzene rings is 1. The largest absolute Gasteiger partial charge is 0.355 e. The van der Waals surface area contributed by atoms with Gasteiger partial charge in [0.1, 0.15) is 0 Å². The van der Waals surface area contributed by atoms with Gasteiger partial charge in [0, 0.05) is 45.5 Å². The van der Waals surface area contributed by atoms with E-state index in [2.05, 4.69) is 15.7 Å². The first-order valence-corrected chi connectivity index (χ1v) is 6.82. The molecule has 0 saturated carbocycles. The van der Waals surface area contributed by atoms with Gasteiger partial charge in [0.05, 0.1) is 0 Å². The van der Waals surface area contributed by atoms with Crippen molar-refractivity contribution in [1.82, 2.24) is 20.0 Å². The maximum Gasteiger partial charge on any atom is 0.323 e. The molecule has 2 N–H and O–H groups in total. The average molecular weight is 301 g/mol. The maximum absolute atomic E-state index is 12.0. The van der Waals surface area contributed by atoms with Crippen molar-refractivity contribution in [3.8, 4) is 0 Å². The Bertz CT molecular complexity index is 663. The summed E-state index contributed by atoms with van der Waals surface area (Å²) in [5, 5.41) is 9.37. The molecule has 0 fully saturated rings. The number of carbonyl (C=O) groups excluding carboxylic acids is 2. The lowest BCUT2D eigenvalue weighted by Crippen LogP contribution is -2.31. The molecule has 0 aliphatic heterocycles. The number of rotatable bonds is 4. The van der Waals surface area contributed by atoms with Gasteiger partial charge in [0.15, 0.2) is 5.82 Å². The minimum absolute atomic E-state index is 0.132. The standard InChI is InChI=1S/C15H19N5O2/c1-16-14(21)12-6-4-11(5-7-12)10-19(2)15(22)17-13-8-9-20(3)18-13/h4-9H,10H2,1-3H3,(H,16,21)(H,17,18,22). The monoisotopic (exact) mass is 301 g/mol. The molecule has 0 bridgehead atoms. The lowest BCUT2D eigenvalue weighted by atomic mass is 10.1. The lowest BCUT2D eigenvalue weighted by molar-refractivity contribution is 0.0963. The van der Waals surface area contributed by atoms with Crippen LogP contribution in [-0.2, 0) is 13.6 Å². The summed E-state index contributed by atoms with van der Waals surface area (Å²) in [7, 11) is 5.07. The number of urea groups is 1. The Morgan fingerprint density at radius 2 is 1.91 bits per heavy atom. The van der Waals surface area contributed by atoms with Crippen LogP contribution in [0.4, 0.5) is 10.6 Å². The van der Waals surface area contributed by atoms with E-state index in [1.54, 1.807) is 55.1 Å². The normalized spacial score (nSPS) is 10.1. The molecule has 2 aromatic rings. The van der Waals surface area contributed by atoms with Crippen LogP contribution in [0.25, 0.3) is 0 Å². The molecule has 0 saturated heterocycles. The number of carbonyl (C=O) groups is 2. The fourth-order valence-electron chi connectivity index (χ4n) is 1.94. The Kier molecular flexibility index (Phi) is 4.77. The predicted molar refractivity (Wildman–Crippen MR) is 83.5 cm³/mol. The van der Waals surface area contributed by atoms with Gasteiger partial charge in [-0.15, -0.1) is 0 Å². The summed E-state index contributed by atoms with van der Waals surface area (Å²) in [6, 6.07) is 8.61. The summed E-state index contributed by atoms with van der Waals surface area (Å²) in [6.07, 6.45) is 1.76. The van der Waals surface area contributed by atoms with Gasteiger partial charge in [0.2, 0.25) is 0 Å². The molecule has 0 atom stereocenters. The summed E-state index contributed by atoms with van der Waals surface area (Å²) in [5.74, 6) is 0.377. The fraction of sp³-hybridized carbons (Fsp3) is 0.267. The molecular formula is C15H19N5O2. The van der Waals surface area contributed by atoms with Crippen molar-refractivity contribution < 1.29 is 9.59 Å². The number of aromatic nitrogens is 2. The van der Waals surface area contributed by atoms with Crippen LogP contribution >= 0.6 is 0 Å². The van der Waals surface area contributed by atoms with Gasteiger partial charge < -0.3 is 10.2 Å². The number of hydrogen-bond donors (Lipinski definition) is 2.